The van der Waals surface area contributed by atoms with Crippen LogP contribution in [0.2, 0.25) is 5.02 Å². The van der Waals surface area contributed by atoms with Crippen molar-refractivity contribution in [3.8, 4) is 28.5 Å². The first-order valence-electron chi connectivity index (χ1n) is 8.19. The maximum atomic E-state index is 12.3. The Labute approximate surface area is 161 Å². The molecule has 0 radical (unpaired) electrons. The van der Waals surface area contributed by atoms with E-state index in [4.69, 9.17) is 25.8 Å². The molecule has 0 aliphatic carbocycles. The van der Waals surface area contributed by atoms with E-state index in [1.54, 1.807) is 51.7 Å². The van der Waals surface area contributed by atoms with Crippen LogP contribution >= 0.6 is 11.6 Å². The van der Waals surface area contributed by atoms with Gasteiger partial charge in [-0.3, -0.25) is 4.79 Å². The van der Waals surface area contributed by atoms with Gasteiger partial charge in [-0.2, -0.15) is 5.10 Å². The van der Waals surface area contributed by atoms with Crippen LogP contribution in [0.4, 0.5) is 0 Å². The Morgan fingerprint density at radius 2 is 1.52 bits per heavy atom. The first kappa shape index (κ1) is 18.8. The first-order valence-corrected chi connectivity index (χ1v) is 8.57. The number of nitrogens with zero attached hydrogens (tertiary/aromatic N) is 1. The predicted molar refractivity (Wildman–Crippen MR) is 104 cm³/mol. The molecule has 0 amide bonds. The van der Waals surface area contributed by atoms with Crippen molar-refractivity contribution in [2.75, 3.05) is 21.3 Å². The van der Waals surface area contributed by atoms with E-state index in [2.05, 4.69) is 10.2 Å². The smallest absolute Gasteiger partial charge is 0.267 e. The second kappa shape index (κ2) is 8.14. The molecule has 0 unspecified atom stereocenters. The normalized spacial score (nSPS) is 10.5. The highest BCUT2D eigenvalue weighted by atomic mass is 35.5. The highest BCUT2D eigenvalue weighted by molar-refractivity contribution is 6.30. The molecule has 0 saturated heterocycles. The highest BCUT2D eigenvalue weighted by Gasteiger charge is 2.14. The van der Waals surface area contributed by atoms with Crippen molar-refractivity contribution in [3.63, 3.8) is 0 Å². The molecule has 140 valence electrons. The molecule has 3 rings (SSSR count). The molecule has 0 fully saturated rings. The number of hydrogen-bond acceptors (Lipinski definition) is 5. The van der Waals surface area contributed by atoms with Gasteiger partial charge in [-0.15, -0.1) is 0 Å². The molecule has 1 heterocycles. The third-order valence-corrected chi connectivity index (χ3v) is 4.44. The molecular formula is C20H19ClN2O4. The number of halogens is 1. The molecule has 0 saturated carbocycles. The van der Waals surface area contributed by atoms with Crippen molar-refractivity contribution in [1.82, 2.24) is 10.2 Å². The van der Waals surface area contributed by atoms with Gasteiger partial charge in [-0.25, -0.2) is 5.10 Å². The Hall–Kier alpha value is -2.99. The van der Waals surface area contributed by atoms with Crippen LogP contribution in [0.3, 0.4) is 0 Å². The van der Waals surface area contributed by atoms with Crippen LogP contribution in [0, 0.1) is 0 Å². The zero-order valence-corrected chi connectivity index (χ0v) is 16.0. The molecule has 0 aliphatic heterocycles. The Morgan fingerprint density at radius 1 is 0.889 bits per heavy atom. The topological polar surface area (TPSA) is 73.4 Å². The lowest BCUT2D eigenvalue weighted by Crippen LogP contribution is -2.15. The van der Waals surface area contributed by atoms with Crippen molar-refractivity contribution in [2.45, 2.75) is 6.42 Å². The largest absolute Gasteiger partial charge is 0.496 e. The summed E-state index contributed by atoms with van der Waals surface area (Å²) in [6.07, 6.45) is 0.349. The minimum absolute atomic E-state index is 0.260. The summed E-state index contributed by atoms with van der Waals surface area (Å²) in [7, 11) is 4.69. The third-order valence-electron chi connectivity index (χ3n) is 4.19. The number of hydrogen-bond donors (Lipinski definition) is 1. The van der Waals surface area contributed by atoms with Crippen LogP contribution in [-0.4, -0.2) is 31.5 Å². The molecule has 7 heteroatoms. The number of rotatable bonds is 6. The van der Waals surface area contributed by atoms with E-state index in [1.807, 2.05) is 12.1 Å². The molecule has 0 atom stereocenters. The highest BCUT2D eigenvalue weighted by Crippen LogP contribution is 2.35. The number of H-pyrrole nitrogens is 1. The van der Waals surface area contributed by atoms with Crippen LogP contribution in [0.1, 0.15) is 11.1 Å². The molecule has 0 spiro atoms. The average molecular weight is 387 g/mol. The van der Waals surface area contributed by atoms with E-state index in [0.717, 1.165) is 11.1 Å². The zero-order chi connectivity index (χ0) is 19.4. The van der Waals surface area contributed by atoms with Gasteiger partial charge in [0, 0.05) is 34.2 Å². The summed E-state index contributed by atoms with van der Waals surface area (Å²) < 4.78 is 16.1. The Morgan fingerprint density at radius 3 is 2.15 bits per heavy atom. The second-order valence-corrected chi connectivity index (χ2v) is 6.25. The number of methoxy groups -OCH3 is 3. The van der Waals surface area contributed by atoms with E-state index in [-0.39, 0.29) is 5.56 Å². The van der Waals surface area contributed by atoms with E-state index in [9.17, 15) is 4.79 Å². The lowest BCUT2D eigenvalue weighted by atomic mass is 10.0. The Kier molecular flexibility index (Phi) is 5.66. The van der Waals surface area contributed by atoms with E-state index >= 15 is 0 Å². The van der Waals surface area contributed by atoms with Gasteiger partial charge in [0.1, 0.15) is 5.75 Å². The SMILES string of the molecule is COc1cc(OC)c(OC)cc1Cc1cc(-c2ccc(Cl)cc2)n[nH]c1=O. The minimum atomic E-state index is -0.260. The van der Waals surface area contributed by atoms with Crippen LogP contribution in [0.25, 0.3) is 11.3 Å². The molecule has 0 aliphatic rings. The molecular weight excluding hydrogens is 368 g/mol. The maximum absolute atomic E-state index is 12.3. The molecule has 3 aromatic rings. The van der Waals surface area contributed by atoms with Gasteiger partial charge in [-0.05, 0) is 24.3 Å². The number of benzene rings is 2. The van der Waals surface area contributed by atoms with Gasteiger partial charge in [0.05, 0.1) is 27.0 Å². The molecule has 1 aromatic heterocycles. The fraction of sp³-hybridized carbons (Fsp3) is 0.200. The van der Waals surface area contributed by atoms with Gasteiger partial charge < -0.3 is 14.2 Å². The summed E-state index contributed by atoms with van der Waals surface area (Å²) in [5, 5.41) is 7.32. The summed E-state index contributed by atoms with van der Waals surface area (Å²) >= 11 is 5.94. The molecule has 27 heavy (non-hydrogen) atoms. The van der Waals surface area contributed by atoms with Crippen molar-refractivity contribution in [1.29, 1.82) is 0 Å². The fourth-order valence-corrected chi connectivity index (χ4v) is 2.91. The van der Waals surface area contributed by atoms with E-state index in [0.29, 0.717) is 39.9 Å². The van der Waals surface area contributed by atoms with E-state index in [1.165, 1.54) is 0 Å². The predicted octanol–water partition coefficient (Wildman–Crippen LogP) is 3.71. The Bertz CT molecular complexity index is 1000. The average Bonchev–Trinajstić information content (AvgIpc) is 2.69. The number of ether oxygens (including phenoxy) is 3. The van der Waals surface area contributed by atoms with Crippen LogP contribution in [-0.2, 0) is 6.42 Å². The summed E-state index contributed by atoms with van der Waals surface area (Å²) in [4.78, 5) is 12.3. The quantitative estimate of drug-likeness (QED) is 0.699. The van der Waals surface area contributed by atoms with E-state index < -0.39 is 0 Å². The molecule has 2 aromatic carbocycles. The van der Waals surface area contributed by atoms with Gasteiger partial charge >= 0.3 is 0 Å². The lowest BCUT2D eigenvalue weighted by molar-refractivity contribution is 0.347. The van der Waals surface area contributed by atoms with Crippen LogP contribution in [0.5, 0.6) is 17.2 Å². The zero-order valence-electron chi connectivity index (χ0n) is 15.2. The first-order chi connectivity index (χ1) is 13.0. The monoisotopic (exact) mass is 386 g/mol. The summed E-state index contributed by atoms with van der Waals surface area (Å²) in [6.45, 7) is 0. The fourth-order valence-electron chi connectivity index (χ4n) is 2.78. The molecule has 6 nitrogen and oxygen atoms in total. The van der Waals surface area contributed by atoms with Crippen molar-refractivity contribution in [3.05, 3.63) is 69.0 Å². The number of aromatic nitrogens is 2. The van der Waals surface area contributed by atoms with Gasteiger partial charge in [0.2, 0.25) is 0 Å². The lowest BCUT2D eigenvalue weighted by Gasteiger charge is -2.14. The Balaban J connectivity index is 2.01. The minimum Gasteiger partial charge on any atom is -0.496 e. The summed E-state index contributed by atoms with van der Waals surface area (Å²) in [6, 6.07) is 12.6. The van der Waals surface area contributed by atoms with Crippen molar-refractivity contribution in [2.24, 2.45) is 0 Å². The summed E-state index contributed by atoms with van der Waals surface area (Å²) in [5.74, 6) is 1.73. The van der Waals surface area contributed by atoms with Gasteiger partial charge in [0.25, 0.3) is 5.56 Å². The van der Waals surface area contributed by atoms with Crippen molar-refractivity contribution < 1.29 is 14.2 Å². The molecule has 0 bridgehead atoms. The second-order valence-electron chi connectivity index (χ2n) is 5.81. The third kappa shape index (κ3) is 4.06. The van der Waals surface area contributed by atoms with Crippen LogP contribution < -0.4 is 19.8 Å². The summed E-state index contributed by atoms with van der Waals surface area (Å²) in [5.41, 5.74) is 2.61. The van der Waals surface area contributed by atoms with Gasteiger partial charge in [-0.1, -0.05) is 23.7 Å². The standard InChI is InChI=1S/C20H19ClN2O4/c1-25-17-11-19(27-3)18(26-2)10-13(17)8-14-9-16(22-23-20(14)24)12-4-6-15(21)7-5-12/h4-7,9-11H,8H2,1-3H3,(H,23,24). The number of aromatic amines is 1. The van der Waals surface area contributed by atoms with Crippen LogP contribution in [0.15, 0.2) is 47.3 Å². The van der Waals surface area contributed by atoms with Crippen molar-refractivity contribution >= 4 is 11.6 Å². The molecule has 1 N–H and O–H groups in total. The maximum Gasteiger partial charge on any atom is 0.267 e. The number of nitrogens with one attached hydrogen (secondary N) is 1. The van der Waals surface area contributed by atoms with Gasteiger partial charge in [0.15, 0.2) is 11.5 Å².